The van der Waals surface area contributed by atoms with Crippen molar-refractivity contribution in [2.24, 2.45) is 0 Å². The SMILES string of the molecule is Cc1ccc(S)cc1C(=O)NCCSCCCO. The van der Waals surface area contributed by atoms with Gasteiger partial charge in [0, 0.05) is 29.4 Å². The molecule has 0 aromatic heterocycles. The van der Waals surface area contributed by atoms with Crippen LogP contribution in [-0.2, 0) is 0 Å². The zero-order valence-corrected chi connectivity index (χ0v) is 12.2. The Morgan fingerprint density at radius 3 is 2.94 bits per heavy atom. The van der Waals surface area contributed by atoms with Gasteiger partial charge in [0.2, 0.25) is 0 Å². The normalized spacial score (nSPS) is 10.4. The van der Waals surface area contributed by atoms with E-state index in [2.05, 4.69) is 17.9 Å². The number of thioether (sulfide) groups is 1. The van der Waals surface area contributed by atoms with Gasteiger partial charge in [0.1, 0.15) is 0 Å². The molecule has 1 amide bonds. The van der Waals surface area contributed by atoms with Crippen LogP contribution in [0.15, 0.2) is 23.1 Å². The number of carbonyl (C=O) groups excluding carboxylic acids is 1. The summed E-state index contributed by atoms with van der Waals surface area (Å²) in [5.74, 6) is 1.74. The molecule has 0 saturated carbocycles. The van der Waals surface area contributed by atoms with Crippen LogP contribution in [0.1, 0.15) is 22.3 Å². The molecule has 0 aliphatic rings. The maximum Gasteiger partial charge on any atom is 0.251 e. The molecule has 5 heteroatoms. The second kappa shape index (κ2) is 8.45. The lowest BCUT2D eigenvalue weighted by atomic mass is 10.1. The number of thiol groups is 1. The monoisotopic (exact) mass is 285 g/mol. The summed E-state index contributed by atoms with van der Waals surface area (Å²) in [6, 6.07) is 5.56. The van der Waals surface area contributed by atoms with Crippen LogP contribution in [0.2, 0.25) is 0 Å². The molecule has 0 atom stereocenters. The third-order valence-electron chi connectivity index (χ3n) is 2.44. The number of aryl methyl sites for hydroxylation is 1. The summed E-state index contributed by atoms with van der Waals surface area (Å²) in [6.07, 6.45) is 0.805. The molecule has 1 aromatic carbocycles. The quantitative estimate of drug-likeness (QED) is 0.531. The molecule has 0 aliphatic heterocycles. The summed E-state index contributed by atoms with van der Waals surface area (Å²) in [4.78, 5) is 12.7. The van der Waals surface area contributed by atoms with Gasteiger partial charge in [-0.1, -0.05) is 6.07 Å². The molecule has 0 fully saturated rings. The van der Waals surface area contributed by atoms with Crippen molar-refractivity contribution in [3.05, 3.63) is 29.3 Å². The lowest BCUT2D eigenvalue weighted by molar-refractivity contribution is 0.0955. The Hall–Kier alpha value is -0.650. The second-order valence-corrected chi connectivity index (χ2v) is 5.69. The summed E-state index contributed by atoms with van der Waals surface area (Å²) in [7, 11) is 0. The molecule has 1 aromatic rings. The van der Waals surface area contributed by atoms with Crippen LogP contribution in [0.25, 0.3) is 0 Å². The molecule has 18 heavy (non-hydrogen) atoms. The Balaban J connectivity index is 2.34. The highest BCUT2D eigenvalue weighted by Crippen LogP contribution is 2.13. The highest BCUT2D eigenvalue weighted by Gasteiger charge is 2.08. The van der Waals surface area contributed by atoms with E-state index in [0.29, 0.717) is 12.1 Å². The highest BCUT2D eigenvalue weighted by molar-refractivity contribution is 7.99. The van der Waals surface area contributed by atoms with E-state index < -0.39 is 0 Å². The van der Waals surface area contributed by atoms with Gasteiger partial charge in [-0.05, 0) is 36.8 Å². The van der Waals surface area contributed by atoms with E-state index in [4.69, 9.17) is 5.11 Å². The van der Waals surface area contributed by atoms with Gasteiger partial charge in [-0.3, -0.25) is 4.79 Å². The Morgan fingerprint density at radius 2 is 2.22 bits per heavy atom. The van der Waals surface area contributed by atoms with Gasteiger partial charge in [0.05, 0.1) is 0 Å². The number of aliphatic hydroxyl groups is 1. The first-order valence-electron chi connectivity index (χ1n) is 5.91. The first-order valence-corrected chi connectivity index (χ1v) is 7.51. The Morgan fingerprint density at radius 1 is 1.44 bits per heavy atom. The van der Waals surface area contributed by atoms with Gasteiger partial charge in [0.25, 0.3) is 5.91 Å². The van der Waals surface area contributed by atoms with Crippen molar-refractivity contribution >= 4 is 30.3 Å². The maximum atomic E-state index is 11.9. The number of amides is 1. The average Bonchev–Trinajstić information content (AvgIpc) is 2.36. The molecular formula is C13H19NO2S2. The van der Waals surface area contributed by atoms with Gasteiger partial charge in [-0.15, -0.1) is 12.6 Å². The van der Waals surface area contributed by atoms with Gasteiger partial charge >= 0.3 is 0 Å². The smallest absolute Gasteiger partial charge is 0.251 e. The van der Waals surface area contributed by atoms with E-state index in [0.717, 1.165) is 28.4 Å². The van der Waals surface area contributed by atoms with E-state index in [-0.39, 0.29) is 12.5 Å². The minimum Gasteiger partial charge on any atom is -0.396 e. The van der Waals surface area contributed by atoms with Crippen LogP contribution in [0.4, 0.5) is 0 Å². The zero-order chi connectivity index (χ0) is 13.4. The minimum absolute atomic E-state index is 0.0499. The van der Waals surface area contributed by atoms with Crippen LogP contribution in [0, 0.1) is 6.92 Å². The van der Waals surface area contributed by atoms with Crippen LogP contribution < -0.4 is 5.32 Å². The number of hydrogen-bond donors (Lipinski definition) is 3. The third-order valence-corrected chi connectivity index (χ3v) is 3.79. The van der Waals surface area contributed by atoms with Crippen molar-refractivity contribution in [2.45, 2.75) is 18.2 Å². The first-order chi connectivity index (χ1) is 8.65. The van der Waals surface area contributed by atoms with Crippen molar-refractivity contribution < 1.29 is 9.90 Å². The van der Waals surface area contributed by atoms with Crippen molar-refractivity contribution in [2.75, 3.05) is 24.7 Å². The molecule has 2 N–H and O–H groups in total. The molecule has 0 spiro atoms. The summed E-state index contributed by atoms with van der Waals surface area (Å²) < 4.78 is 0. The molecular weight excluding hydrogens is 266 g/mol. The zero-order valence-electron chi connectivity index (χ0n) is 10.5. The topological polar surface area (TPSA) is 49.3 Å². The number of aliphatic hydroxyl groups excluding tert-OH is 1. The number of hydrogen-bond acceptors (Lipinski definition) is 4. The fourth-order valence-corrected chi connectivity index (χ4v) is 2.44. The van der Waals surface area contributed by atoms with Gasteiger partial charge in [-0.25, -0.2) is 0 Å². The summed E-state index contributed by atoms with van der Waals surface area (Å²) >= 11 is 5.97. The number of benzene rings is 1. The fraction of sp³-hybridized carbons (Fsp3) is 0.462. The Kier molecular flexibility index (Phi) is 7.23. The van der Waals surface area contributed by atoms with Gasteiger partial charge in [-0.2, -0.15) is 11.8 Å². The lowest BCUT2D eigenvalue weighted by Gasteiger charge is -2.08. The molecule has 3 nitrogen and oxygen atoms in total. The van der Waals surface area contributed by atoms with E-state index in [1.54, 1.807) is 17.8 Å². The largest absolute Gasteiger partial charge is 0.396 e. The molecule has 0 saturated heterocycles. The van der Waals surface area contributed by atoms with Crippen LogP contribution in [0.5, 0.6) is 0 Å². The van der Waals surface area contributed by atoms with Crippen LogP contribution >= 0.6 is 24.4 Å². The van der Waals surface area contributed by atoms with Gasteiger partial charge < -0.3 is 10.4 Å². The number of nitrogens with one attached hydrogen (secondary N) is 1. The Bertz CT molecular complexity index is 397. The van der Waals surface area contributed by atoms with E-state index in [1.165, 1.54) is 0 Å². The number of rotatable bonds is 7. The number of carbonyl (C=O) groups is 1. The highest BCUT2D eigenvalue weighted by atomic mass is 32.2. The first kappa shape index (κ1) is 15.4. The molecule has 100 valence electrons. The molecule has 0 bridgehead atoms. The van der Waals surface area contributed by atoms with E-state index in [1.807, 2.05) is 19.1 Å². The second-order valence-electron chi connectivity index (χ2n) is 3.94. The summed E-state index contributed by atoms with van der Waals surface area (Å²) in [5.41, 5.74) is 1.64. The molecule has 1 rings (SSSR count). The molecule has 0 heterocycles. The third kappa shape index (κ3) is 5.33. The molecule has 0 unspecified atom stereocenters. The van der Waals surface area contributed by atoms with Crippen molar-refractivity contribution in [1.29, 1.82) is 0 Å². The predicted molar refractivity (Wildman–Crippen MR) is 79.8 cm³/mol. The van der Waals surface area contributed by atoms with Crippen molar-refractivity contribution in [1.82, 2.24) is 5.32 Å². The van der Waals surface area contributed by atoms with Crippen molar-refractivity contribution in [3.63, 3.8) is 0 Å². The Labute approximate surface area is 118 Å². The van der Waals surface area contributed by atoms with Crippen LogP contribution in [0.3, 0.4) is 0 Å². The summed E-state index contributed by atoms with van der Waals surface area (Å²) in [6.45, 7) is 2.79. The minimum atomic E-state index is -0.0499. The maximum absolute atomic E-state index is 11.9. The average molecular weight is 285 g/mol. The van der Waals surface area contributed by atoms with Crippen LogP contribution in [-0.4, -0.2) is 35.7 Å². The fourth-order valence-electron chi connectivity index (χ4n) is 1.46. The molecule has 0 radical (unpaired) electrons. The summed E-state index contributed by atoms with van der Waals surface area (Å²) in [5, 5.41) is 11.5. The van der Waals surface area contributed by atoms with E-state index in [9.17, 15) is 4.79 Å². The lowest BCUT2D eigenvalue weighted by Crippen LogP contribution is -2.26. The van der Waals surface area contributed by atoms with Gasteiger partial charge in [0.15, 0.2) is 0 Å². The van der Waals surface area contributed by atoms with Crippen molar-refractivity contribution in [3.8, 4) is 0 Å². The molecule has 0 aliphatic carbocycles. The standard InChI is InChI=1S/C13H19NO2S2/c1-10-3-4-11(17)9-12(10)13(16)14-5-8-18-7-2-6-15/h3-4,9,15,17H,2,5-8H2,1H3,(H,14,16). The van der Waals surface area contributed by atoms with E-state index >= 15 is 0 Å². The predicted octanol–water partition coefficient (Wildman–Crippen LogP) is 2.13.